The highest BCUT2D eigenvalue weighted by Gasteiger charge is 2.10. The largest absolute Gasteiger partial charge is 0.366 e. The van der Waals surface area contributed by atoms with Gasteiger partial charge < -0.3 is 16.8 Å². The van der Waals surface area contributed by atoms with Crippen molar-refractivity contribution in [2.75, 3.05) is 5.32 Å². The summed E-state index contributed by atoms with van der Waals surface area (Å²) in [6.45, 7) is 0.193. The van der Waals surface area contributed by atoms with Crippen LogP contribution in [0.1, 0.15) is 16.1 Å². The van der Waals surface area contributed by atoms with Gasteiger partial charge in [-0.2, -0.15) is 0 Å². The van der Waals surface area contributed by atoms with Gasteiger partial charge in [0.15, 0.2) is 0 Å². The van der Waals surface area contributed by atoms with E-state index in [-0.39, 0.29) is 24.6 Å². The number of nitrogens with one attached hydrogen (secondary N) is 1. The molecule has 110 valence electrons. The average molecular weight is 309 g/mol. The highest BCUT2D eigenvalue weighted by atomic mass is 35.5. The second-order valence-corrected chi connectivity index (χ2v) is 4.63. The lowest BCUT2D eigenvalue weighted by atomic mass is 10.2. The molecule has 9 heteroatoms. The van der Waals surface area contributed by atoms with E-state index in [0.717, 1.165) is 0 Å². The molecule has 8 nitrogen and oxygen atoms in total. The van der Waals surface area contributed by atoms with Crippen molar-refractivity contribution in [3.05, 3.63) is 40.7 Å². The topological polar surface area (TPSA) is 129 Å². The SMILES string of the molecule is NCc1cn(CC(=O)Nc2cc(C(N)=O)ccc2Cl)nn1. The minimum absolute atomic E-state index is 0.0515. The van der Waals surface area contributed by atoms with Crippen molar-refractivity contribution in [3.63, 3.8) is 0 Å². The molecular formula is C12H13ClN6O2. The van der Waals surface area contributed by atoms with Gasteiger partial charge >= 0.3 is 0 Å². The van der Waals surface area contributed by atoms with Gasteiger partial charge in [-0.1, -0.05) is 16.8 Å². The van der Waals surface area contributed by atoms with Crippen LogP contribution in [0.25, 0.3) is 0 Å². The molecule has 1 aromatic heterocycles. The van der Waals surface area contributed by atoms with Gasteiger partial charge in [-0.05, 0) is 18.2 Å². The quantitative estimate of drug-likeness (QED) is 0.723. The first-order valence-electron chi connectivity index (χ1n) is 5.98. The molecular weight excluding hydrogens is 296 g/mol. The summed E-state index contributed by atoms with van der Waals surface area (Å²) in [4.78, 5) is 23.0. The number of aromatic nitrogens is 3. The molecule has 0 spiro atoms. The Labute approximate surface area is 125 Å². The van der Waals surface area contributed by atoms with Crippen LogP contribution in [0.2, 0.25) is 5.02 Å². The zero-order valence-electron chi connectivity index (χ0n) is 10.9. The van der Waals surface area contributed by atoms with Gasteiger partial charge in [0.2, 0.25) is 11.8 Å². The van der Waals surface area contributed by atoms with E-state index in [4.69, 9.17) is 23.1 Å². The van der Waals surface area contributed by atoms with E-state index in [1.807, 2.05) is 0 Å². The number of hydrogen-bond acceptors (Lipinski definition) is 5. The molecule has 1 heterocycles. The third-order valence-corrected chi connectivity index (χ3v) is 2.96. The van der Waals surface area contributed by atoms with Crippen LogP contribution in [0.3, 0.4) is 0 Å². The van der Waals surface area contributed by atoms with E-state index in [9.17, 15) is 9.59 Å². The lowest BCUT2D eigenvalue weighted by Gasteiger charge is -2.08. The van der Waals surface area contributed by atoms with E-state index < -0.39 is 5.91 Å². The molecule has 0 saturated heterocycles. The third kappa shape index (κ3) is 3.77. The smallest absolute Gasteiger partial charge is 0.248 e. The summed E-state index contributed by atoms with van der Waals surface area (Å²) in [6, 6.07) is 4.37. The first kappa shape index (κ1) is 14.9. The summed E-state index contributed by atoms with van der Waals surface area (Å²) in [6.07, 6.45) is 1.57. The van der Waals surface area contributed by atoms with Crippen LogP contribution in [0, 0.1) is 0 Å². The molecule has 0 aliphatic carbocycles. The van der Waals surface area contributed by atoms with Crippen LogP contribution in [0.15, 0.2) is 24.4 Å². The molecule has 0 aliphatic heterocycles. The van der Waals surface area contributed by atoms with Crippen molar-refractivity contribution in [1.82, 2.24) is 15.0 Å². The van der Waals surface area contributed by atoms with Gasteiger partial charge in [0.1, 0.15) is 6.54 Å². The maximum atomic E-state index is 11.9. The maximum absolute atomic E-state index is 11.9. The van der Waals surface area contributed by atoms with Crippen molar-refractivity contribution in [2.45, 2.75) is 13.1 Å². The average Bonchev–Trinajstić information content (AvgIpc) is 2.88. The Balaban J connectivity index is 2.08. The number of carbonyl (C=O) groups is 2. The van der Waals surface area contributed by atoms with Crippen LogP contribution in [0.4, 0.5) is 5.69 Å². The van der Waals surface area contributed by atoms with Crippen molar-refractivity contribution >= 4 is 29.1 Å². The van der Waals surface area contributed by atoms with Crippen LogP contribution >= 0.6 is 11.6 Å². The lowest BCUT2D eigenvalue weighted by molar-refractivity contribution is -0.116. The minimum atomic E-state index is -0.606. The second kappa shape index (κ2) is 6.33. The van der Waals surface area contributed by atoms with Gasteiger partial charge in [0.05, 0.1) is 22.6 Å². The highest BCUT2D eigenvalue weighted by Crippen LogP contribution is 2.22. The number of nitrogens with zero attached hydrogens (tertiary/aromatic N) is 3. The van der Waals surface area contributed by atoms with E-state index >= 15 is 0 Å². The number of benzene rings is 1. The van der Waals surface area contributed by atoms with Gasteiger partial charge in [-0.15, -0.1) is 5.10 Å². The molecule has 0 unspecified atom stereocenters. The van der Waals surface area contributed by atoms with E-state index in [0.29, 0.717) is 16.4 Å². The zero-order chi connectivity index (χ0) is 15.4. The Hall–Kier alpha value is -2.45. The van der Waals surface area contributed by atoms with E-state index in [2.05, 4.69) is 15.6 Å². The number of primary amides is 1. The summed E-state index contributed by atoms with van der Waals surface area (Å²) in [7, 11) is 0. The summed E-state index contributed by atoms with van der Waals surface area (Å²) in [5.41, 5.74) is 11.7. The third-order valence-electron chi connectivity index (χ3n) is 2.63. The molecule has 5 N–H and O–H groups in total. The van der Waals surface area contributed by atoms with Crippen LogP contribution in [-0.4, -0.2) is 26.8 Å². The second-order valence-electron chi connectivity index (χ2n) is 4.22. The fraction of sp³-hybridized carbons (Fsp3) is 0.167. The number of anilines is 1. The van der Waals surface area contributed by atoms with Crippen molar-refractivity contribution < 1.29 is 9.59 Å². The Kier molecular flexibility index (Phi) is 4.51. The highest BCUT2D eigenvalue weighted by molar-refractivity contribution is 6.33. The molecule has 0 saturated carbocycles. The molecule has 0 atom stereocenters. The van der Waals surface area contributed by atoms with Gasteiger partial charge in [0, 0.05) is 12.1 Å². The molecule has 0 bridgehead atoms. The van der Waals surface area contributed by atoms with E-state index in [1.165, 1.54) is 22.9 Å². The molecule has 1 aromatic carbocycles. The Morgan fingerprint density at radius 1 is 1.38 bits per heavy atom. The zero-order valence-corrected chi connectivity index (χ0v) is 11.7. The van der Waals surface area contributed by atoms with E-state index in [1.54, 1.807) is 6.20 Å². The fourth-order valence-electron chi connectivity index (χ4n) is 1.62. The first-order valence-corrected chi connectivity index (χ1v) is 6.35. The predicted octanol–water partition coefficient (Wildman–Crippen LogP) is 0.128. The van der Waals surface area contributed by atoms with Crippen molar-refractivity contribution in [3.8, 4) is 0 Å². The van der Waals surface area contributed by atoms with Gasteiger partial charge in [0.25, 0.3) is 0 Å². The maximum Gasteiger partial charge on any atom is 0.248 e. The molecule has 2 amide bonds. The molecule has 0 aliphatic rings. The van der Waals surface area contributed by atoms with Gasteiger partial charge in [-0.3, -0.25) is 9.59 Å². The molecule has 0 fully saturated rings. The number of rotatable bonds is 5. The first-order chi connectivity index (χ1) is 9.99. The summed E-state index contributed by atoms with van der Waals surface area (Å²) in [5.74, 6) is -0.974. The van der Waals surface area contributed by atoms with Gasteiger partial charge in [-0.25, -0.2) is 4.68 Å². The number of halogens is 1. The van der Waals surface area contributed by atoms with Crippen molar-refractivity contribution in [1.29, 1.82) is 0 Å². The Morgan fingerprint density at radius 3 is 2.76 bits per heavy atom. The summed E-state index contributed by atoms with van der Waals surface area (Å²) >= 11 is 5.96. The van der Waals surface area contributed by atoms with Crippen LogP contribution in [0.5, 0.6) is 0 Å². The fourth-order valence-corrected chi connectivity index (χ4v) is 1.79. The van der Waals surface area contributed by atoms with Crippen LogP contribution in [-0.2, 0) is 17.9 Å². The van der Waals surface area contributed by atoms with Crippen LogP contribution < -0.4 is 16.8 Å². The summed E-state index contributed by atoms with van der Waals surface area (Å²) in [5, 5.41) is 10.4. The molecule has 21 heavy (non-hydrogen) atoms. The number of hydrogen-bond donors (Lipinski definition) is 3. The Bertz CT molecular complexity index is 684. The molecule has 0 radical (unpaired) electrons. The normalized spacial score (nSPS) is 10.4. The number of nitrogens with two attached hydrogens (primary N) is 2. The molecule has 2 rings (SSSR count). The monoisotopic (exact) mass is 308 g/mol. The molecule has 2 aromatic rings. The summed E-state index contributed by atoms with van der Waals surface area (Å²) < 4.78 is 1.35. The predicted molar refractivity (Wildman–Crippen MR) is 76.5 cm³/mol. The Morgan fingerprint density at radius 2 is 2.14 bits per heavy atom. The number of carbonyl (C=O) groups excluding carboxylic acids is 2. The number of amides is 2. The standard InChI is InChI=1S/C12H13ClN6O2/c13-9-2-1-7(12(15)21)3-10(9)16-11(20)6-19-5-8(4-14)17-18-19/h1-3,5H,4,6,14H2,(H2,15,21)(H,16,20). The van der Waals surface area contributed by atoms with Crippen molar-refractivity contribution in [2.24, 2.45) is 11.5 Å². The lowest BCUT2D eigenvalue weighted by Crippen LogP contribution is -2.20. The minimum Gasteiger partial charge on any atom is -0.366 e.